The third kappa shape index (κ3) is 10.5. The quantitative estimate of drug-likeness (QED) is 0.0627. The first-order valence-corrected chi connectivity index (χ1v) is 17.2. The molecule has 0 heterocycles. The number of ether oxygens (including phenoxy) is 3. The first-order chi connectivity index (χ1) is 22.4. The summed E-state index contributed by atoms with van der Waals surface area (Å²) in [6, 6.07) is 26.9. The van der Waals surface area contributed by atoms with E-state index >= 15 is 0 Å². The molecule has 0 saturated carbocycles. The zero-order valence-corrected chi connectivity index (χ0v) is 28.1. The second kappa shape index (κ2) is 18.1. The van der Waals surface area contributed by atoms with E-state index in [4.69, 9.17) is 14.2 Å². The summed E-state index contributed by atoms with van der Waals surface area (Å²) in [7, 11) is 0. The second-order valence-corrected chi connectivity index (χ2v) is 12.3. The fourth-order valence-corrected chi connectivity index (χ4v) is 5.41. The molecule has 0 aromatic heterocycles. The first-order valence-electron chi connectivity index (χ1n) is 17.2. The molecule has 0 aliphatic heterocycles. The lowest BCUT2D eigenvalue weighted by molar-refractivity contribution is -0.149. The van der Waals surface area contributed by atoms with E-state index < -0.39 is 5.97 Å². The number of benzene rings is 4. The van der Waals surface area contributed by atoms with E-state index in [2.05, 4.69) is 19.1 Å². The number of carbonyl (C=O) groups excluding carboxylic acids is 2. The Morgan fingerprint density at radius 3 is 1.85 bits per heavy atom. The molecule has 244 valence electrons. The van der Waals surface area contributed by atoms with Crippen molar-refractivity contribution in [3.8, 4) is 22.6 Å². The normalized spacial score (nSPS) is 12.4. The van der Waals surface area contributed by atoms with Gasteiger partial charge in [-0.15, -0.1) is 0 Å². The summed E-state index contributed by atoms with van der Waals surface area (Å²) in [4.78, 5) is 25.4. The van der Waals surface area contributed by atoms with Crippen LogP contribution >= 0.6 is 0 Å². The maximum Gasteiger partial charge on any atom is 0.343 e. The summed E-state index contributed by atoms with van der Waals surface area (Å²) in [6.45, 7) is 8.76. The van der Waals surface area contributed by atoms with Gasteiger partial charge in [0.05, 0.1) is 24.2 Å². The molecule has 46 heavy (non-hydrogen) atoms. The van der Waals surface area contributed by atoms with Gasteiger partial charge in [-0.2, -0.15) is 0 Å². The summed E-state index contributed by atoms with van der Waals surface area (Å²) in [6.07, 6.45) is 12.4. The maximum atomic E-state index is 12.9. The molecule has 4 aromatic rings. The van der Waals surface area contributed by atoms with Crippen molar-refractivity contribution < 1.29 is 23.8 Å². The lowest BCUT2D eigenvalue weighted by atomic mass is 9.97. The predicted octanol–water partition coefficient (Wildman–Crippen LogP) is 11.1. The largest absolute Gasteiger partial charge is 0.494 e. The number of carbonyl (C=O) groups is 2. The van der Waals surface area contributed by atoms with Crippen LogP contribution in [0.5, 0.6) is 11.5 Å². The van der Waals surface area contributed by atoms with Gasteiger partial charge in [-0.1, -0.05) is 114 Å². The highest BCUT2D eigenvalue weighted by molar-refractivity contribution is 5.93. The molecule has 0 unspecified atom stereocenters. The van der Waals surface area contributed by atoms with Crippen LogP contribution in [0.15, 0.2) is 84.9 Å². The van der Waals surface area contributed by atoms with E-state index in [-0.39, 0.29) is 18.0 Å². The van der Waals surface area contributed by atoms with E-state index in [0.717, 1.165) is 52.7 Å². The molecule has 0 saturated heterocycles. The zero-order valence-electron chi connectivity index (χ0n) is 28.1. The van der Waals surface area contributed by atoms with Crippen LogP contribution in [0.25, 0.3) is 21.9 Å². The fraction of sp³-hybridized carbons (Fsp3) is 0.415. The Hall–Kier alpha value is -4.12. The van der Waals surface area contributed by atoms with Crippen molar-refractivity contribution in [3.63, 3.8) is 0 Å². The Morgan fingerprint density at radius 2 is 1.20 bits per heavy atom. The van der Waals surface area contributed by atoms with Gasteiger partial charge in [0.25, 0.3) is 0 Å². The van der Waals surface area contributed by atoms with Gasteiger partial charge in [0.2, 0.25) is 0 Å². The molecule has 0 radical (unpaired) electrons. The van der Waals surface area contributed by atoms with Crippen LogP contribution in [0.1, 0.15) is 114 Å². The van der Waals surface area contributed by atoms with Gasteiger partial charge in [0.1, 0.15) is 11.5 Å². The van der Waals surface area contributed by atoms with Gasteiger partial charge in [-0.05, 0) is 90.6 Å². The third-order valence-corrected chi connectivity index (χ3v) is 8.62. The van der Waals surface area contributed by atoms with Crippen LogP contribution < -0.4 is 9.47 Å². The lowest BCUT2D eigenvalue weighted by Gasteiger charge is -2.16. The monoisotopic (exact) mass is 622 g/mol. The number of fused-ring (bicyclic) bond motifs is 1. The van der Waals surface area contributed by atoms with E-state index in [1.54, 1.807) is 18.2 Å². The summed E-state index contributed by atoms with van der Waals surface area (Å²) >= 11 is 0. The Labute approximate surface area is 275 Å². The van der Waals surface area contributed by atoms with Crippen LogP contribution in [0, 0.1) is 0 Å². The topological polar surface area (TPSA) is 61.8 Å². The summed E-state index contributed by atoms with van der Waals surface area (Å²) in [5.74, 6) is 0.352. The van der Waals surface area contributed by atoms with E-state index in [9.17, 15) is 9.59 Å². The molecule has 4 rings (SSSR count). The van der Waals surface area contributed by atoms with E-state index in [1.807, 2.05) is 75.4 Å². The molecular weight excluding hydrogens is 572 g/mol. The molecule has 4 aromatic carbocycles. The van der Waals surface area contributed by atoms with Gasteiger partial charge in [-0.25, -0.2) is 4.79 Å². The highest BCUT2D eigenvalue weighted by Crippen LogP contribution is 2.28. The summed E-state index contributed by atoms with van der Waals surface area (Å²) in [5, 5.41) is 1.89. The number of hydrogen-bond donors (Lipinski definition) is 0. The Morgan fingerprint density at radius 1 is 0.630 bits per heavy atom. The standard InChI is InChI=1S/C41H50O5/c1-5-7-8-9-10-11-12-13-14-27-44-38-24-21-33(22-25-38)32-15-17-34(18-16-32)41(43)46-39-26-23-36-28-35(19-20-37(36)29-39)31(4)40(42)45-30(3)6-2/h15-26,28-31H,5-14,27H2,1-4H3/t30-,31-/m1/s1. The van der Waals surface area contributed by atoms with Crippen LogP contribution in [-0.4, -0.2) is 24.6 Å². The number of hydrogen-bond acceptors (Lipinski definition) is 5. The minimum atomic E-state index is -0.413. The minimum Gasteiger partial charge on any atom is -0.494 e. The van der Waals surface area contributed by atoms with Crippen molar-refractivity contribution in [2.45, 2.75) is 104 Å². The highest BCUT2D eigenvalue weighted by Gasteiger charge is 2.19. The third-order valence-electron chi connectivity index (χ3n) is 8.62. The van der Waals surface area contributed by atoms with Crippen LogP contribution in [-0.2, 0) is 9.53 Å². The van der Waals surface area contributed by atoms with Crippen molar-refractivity contribution in [3.05, 3.63) is 96.1 Å². The number of esters is 2. The predicted molar refractivity (Wildman–Crippen MR) is 188 cm³/mol. The maximum absolute atomic E-state index is 12.9. The molecule has 0 bridgehead atoms. The minimum absolute atomic E-state index is 0.102. The van der Waals surface area contributed by atoms with Gasteiger partial charge < -0.3 is 14.2 Å². The molecule has 5 heteroatoms. The molecule has 2 atom stereocenters. The summed E-state index contributed by atoms with van der Waals surface area (Å²) < 4.78 is 17.2. The molecule has 5 nitrogen and oxygen atoms in total. The van der Waals surface area contributed by atoms with Crippen molar-refractivity contribution >= 4 is 22.7 Å². The molecular formula is C41H50O5. The van der Waals surface area contributed by atoms with E-state index in [0.29, 0.717) is 11.3 Å². The van der Waals surface area contributed by atoms with Crippen molar-refractivity contribution in [1.82, 2.24) is 0 Å². The molecule has 0 N–H and O–H groups in total. The van der Waals surface area contributed by atoms with Gasteiger partial charge in [-0.3, -0.25) is 4.79 Å². The van der Waals surface area contributed by atoms with Gasteiger partial charge in [0.15, 0.2) is 0 Å². The molecule has 0 spiro atoms. The van der Waals surface area contributed by atoms with Crippen LogP contribution in [0.4, 0.5) is 0 Å². The average Bonchev–Trinajstić information content (AvgIpc) is 3.08. The smallest absolute Gasteiger partial charge is 0.343 e. The fourth-order valence-electron chi connectivity index (χ4n) is 5.41. The van der Waals surface area contributed by atoms with Crippen molar-refractivity contribution in [1.29, 1.82) is 0 Å². The van der Waals surface area contributed by atoms with Crippen molar-refractivity contribution in [2.24, 2.45) is 0 Å². The molecule has 0 aliphatic rings. The lowest BCUT2D eigenvalue weighted by Crippen LogP contribution is -2.19. The SMILES string of the molecule is CCCCCCCCCCCOc1ccc(-c2ccc(C(=O)Oc3ccc4cc([C@@H](C)C(=O)O[C@H](C)CC)ccc4c3)cc2)cc1. The Bertz CT molecular complexity index is 1520. The van der Waals surface area contributed by atoms with Crippen LogP contribution in [0.3, 0.4) is 0 Å². The highest BCUT2D eigenvalue weighted by atomic mass is 16.5. The first kappa shape index (κ1) is 34.7. The number of rotatable bonds is 18. The Kier molecular flexibility index (Phi) is 13.7. The van der Waals surface area contributed by atoms with Gasteiger partial charge in [0, 0.05) is 0 Å². The van der Waals surface area contributed by atoms with E-state index in [1.165, 1.54) is 51.4 Å². The van der Waals surface area contributed by atoms with Crippen LogP contribution in [0.2, 0.25) is 0 Å². The second-order valence-electron chi connectivity index (χ2n) is 12.3. The molecule has 0 aliphatic carbocycles. The average molecular weight is 623 g/mol. The zero-order chi connectivity index (χ0) is 32.7. The van der Waals surface area contributed by atoms with Gasteiger partial charge >= 0.3 is 11.9 Å². The van der Waals surface area contributed by atoms with Crippen molar-refractivity contribution in [2.75, 3.05) is 6.61 Å². The molecule has 0 fully saturated rings. The molecule has 0 amide bonds. The summed E-state index contributed by atoms with van der Waals surface area (Å²) in [5.41, 5.74) is 3.45. The number of unbranched alkanes of at least 4 members (excludes halogenated alkanes) is 8. The Balaban J connectivity index is 1.24.